The Bertz CT molecular complexity index is 594. The number of rotatable bonds is 2. The number of halogens is 4. The van der Waals surface area contributed by atoms with Gasteiger partial charge in [-0.15, -0.1) is 11.3 Å². The van der Waals surface area contributed by atoms with Gasteiger partial charge in [0.25, 0.3) is 0 Å². The Labute approximate surface area is 118 Å². The molecule has 2 rings (SSSR count). The van der Waals surface area contributed by atoms with Crippen LogP contribution in [0.4, 0.5) is 13.2 Å². The van der Waals surface area contributed by atoms with Gasteiger partial charge in [-0.2, -0.15) is 13.2 Å². The number of ketones is 1. The highest BCUT2D eigenvalue weighted by atomic mass is 127. The number of aromatic nitrogens is 1. The van der Waals surface area contributed by atoms with E-state index in [-0.39, 0.29) is 4.88 Å². The predicted molar refractivity (Wildman–Crippen MR) is 69.7 cm³/mol. The third-order valence-electron chi connectivity index (χ3n) is 2.06. The molecule has 0 saturated heterocycles. The van der Waals surface area contributed by atoms with Crippen molar-refractivity contribution < 1.29 is 18.0 Å². The lowest BCUT2D eigenvalue weighted by Gasteiger charge is -2.00. The van der Waals surface area contributed by atoms with Crippen molar-refractivity contribution in [3.05, 3.63) is 49.5 Å². The number of benzene rings is 1. The SMILES string of the molecule is O=C(c1cccc(I)c1)c1cnc(C(F)(F)F)s1. The molecule has 1 heterocycles. The van der Waals surface area contributed by atoms with Crippen LogP contribution >= 0.6 is 33.9 Å². The third-order valence-corrected chi connectivity index (χ3v) is 3.77. The van der Waals surface area contributed by atoms with Crippen LogP contribution in [0.15, 0.2) is 30.5 Å². The number of thiazole rings is 1. The zero-order valence-corrected chi connectivity index (χ0v) is 11.6. The summed E-state index contributed by atoms with van der Waals surface area (Å²) in [4.78, 5) is 15.2. The van der Waals surface area contributed by atoms with E-state index in [1.807, 2.05) is 22.6 Å². The summed E-state index contributed by atoms with van der Waals surface area (Å²) in [7, 11) is 0. The molecule has 94 valence electrons. The first-order valence-corrected chi connectivity index (χ1v) is 6.61. The molecule has 0 aliphatic carbocycles. The van der Waals surface area contributed by atoms with Gasteiger partial charge in [0.2, 0.25) is 5.78 Å². The number of nitrogens with zero attached hydrogens (tertiary/aromatic N) is 1. The van der Waals surface area contributed by atoms with E-state index in [9.17, 15) is 18.0 Å². The van der Waals surface area contributed by atoms with Crippen LogP contribution in [0.2, 0.25) is 0 Å². The van der Waals surface area contributed by atoms with Crippen LogP contribution in [0.3, 0.4) is 0 Å². The number of hydrogen-bond acceptors (Lipinski definition) is 3. The predicted octanol–water partition coefficient (Wildman–Crippen LogP) is 4.00. The zero-order chi connectivity index (χ0) is 13.3. The minimum absolute atomic E-state index is 0.00988. The van der Waals surface area contributed by atoms with E-state index in [2.05, 4.69) is 4.98 Å². The fourth-order valence-electron chi connectivity index (χ4n) is 1.28. The molecule has 0 amide bonds. The third kappa shape index (κ3) is 2.89. The maximum Gasteiger partial charge on any atom is 0.443 e. The molecule has 0 bridgehead atoms. The van der Waals surface area contributed by atoms with Crippen molar-refractivity contribution in [2.24, 2.45) is 0 Å². The lowest BCUT2D eigenvalue weighted by molar-refractivity contribution is -0.137. The van der Waals surface area contributed by atoms with E-state index in [1.54, 1.807) is 24.3 Å². The van der Waals surface area contributed by atoms with Crippen LogP contribution in [0.1, 0.15) is 20.2 Å². The Morgan fingerprint density at radius 1 is 1.33 bits per heavy atom. The summed E-state index contributed by atoms with van der Waals surface area (Å²) in [6, 6.07) is 6.67. The molecule has 0 saturated carbocycles. The molecule has 0 unspecified atom stereocenters. The average Bonchev–Trinajstić information content (AvgIpc) is 2.77. The van der Waals surface area contributed by atoms with E-state index < -0.39 is 17.0 Å². The molecule has 0 spiro atoms. The summed E-state index contributed by atoms with van der Waals surface area (Å²) >= 11 is 2.39. The minimum atomic E-state index is -4.51. The van der Waals surface area contributed by atoms with E-state index in [0.717, 1.165) is 9.77 Å². The molecule has 0 N–H and O–H groups in total. The maximum absolute atomic E-state index is 12.4. The van der Waals surface area contributed by atoms with Gasteiger partial charge in [-0.05, 0) is 34.7 Å². The molecule has 1 aromatic heterocycles. The van der Waals surface area contributed by atoms with E-state index in [4.69, 9.17) is 0 Å². The average molecular weight is 383 g/mol. The maximum atomic E-state index is 12.4. The lowest BCUT2D eigenvalue weighted by Crippen LogP contribution is -2.03. The van der Waals surface area contributed by atoms with Crippen LogP contribution in [-0.2, 0) is 6.18 Å². The van der Waals surface area contributed by atoms with E-state index in [0.29, 0.717) is 16.9 Å². The van der Waals surface area contributed by atoms with Crippen molar-refractivity contribution in [2.75, 3.05) is 0 Å². The first-order valence-electron chi connectivity index (χ1n) is 4.71. The van der Waals surface area contributed by atoms with Gasteiger partial charge in [0.05, 0.1) is 4.88 Å². The summed E-state index contributed by atoms with van der Waals surface area (Å²) in [6.07, 6.45) is -3.54. The number of alkyl halides is 3. The molecule has 0 aliphatic rings. The molecule has 2 nitrogen and oxygen atoms in total. The van der Waals surface area contributed by atoms with Gasteiger partial charge in [-0.1, -0.05) is 12.1 Å². The molecule has 0 radical (unpaired) electrons. The van der Waals surface area contributed by atoms with Gasteiger partial charge in [0.15, 0.2) is 5.01 Å². The molecule has 0 fully saturated rings. The van der Waals surface area contributed by atoms with Crippen molar-refractivity contribution in [1.82, 2.24) is 4.98 Å². The highest BCUT2D eigenvalue weighted by Crippen LogP contribution is 2.33. The summed E-state index contributed by atoms with van der Waals surface area (Å²) in [6.45, 7) is 0. The van der Waals surface area contributed by atoms with Gasteiger partial charge in [-0.25, -0.2) is 4.98 Å². The second kappa shape index (κ2) is 4.96. The Kier molecular flexibility index (Phi) is 3.71. The number of carbonyl (C=O) groups excluding carboxylic acids is 1. The summed E-state index contributed by atoms with van der Waals surface area (Å²) in [5.74, 6) is -0.443. The molecule has 1 aromatic carbocycles. The largest absolute Gasteiger partial charge is 0.443 e. The van der Waals surface area contributed by atoms with E-state index >= 15 is 0 Å². The topological polar surface area (TPSA) is 30.0 Å². The molecule has 0 aliphatic heterocycles. The summed E-state index contributed by atoms with van der Waals surface area (Å²) in [5.41, 5.74) is 0.360. The second-order valence-electron chi connectivity index (χ2n) is 3.37. The minimum Gasteiger partial charge on any atom is -0.288 e. The molecule has 2 aromatic rings. The van der Waals surface area contributed by atoms with Crippen molar-refractivity contribution in [1.29, 1.82) is 0 Å². The van der Waals surface area contributed by atoms with Crippen LogP contribution in [0.5, 0.6) is 0 Å². The van der Waals surface area contributed by atoms with Gasteiger partial charge in [0, 0.05) is 15.3 Å². The highest BCUT2D eigenvalue weighted by molar-refractivity contribution is 14.1. The molecular weight excluding hydrogens is 378 g/mol. The number of hydrogen-bond donors (Lipinski definition) is 0. The Morgan fingerprint density at radius 2 is 2.06 bits per heavy atom. The monoisotopic (exact) mass is 383 g/mol. The standard InChI is InChI=1S/C11H5F3INOS/c12-11(13,14)10-16-5-8(18-10)9(17)6-2-1-3-7(15)4-6/h1-5H. The summed E-state index contributed by atoms with van der Waals surface area (Å²) in [5, 5.41) is -1.00. The quantitative estimate of drug-likeness (QED) is 0.580. The Balaban J connectivity index is 2.33. The van der Waals surface area contributed by atoms with Gasteiger partial charge < -0.3 is 0 Å². The van der Waals surface area contributed by atoms with Gasteiger partial charge in [-0.3, -0.25) is 4.79 Å². The summed E-state index contributed by atoms with van der Waals surface area (Å²) < 4.78 is 37.9. The lowest BCUT2D eigenvalue weighted by atomic mass is 10.1. The van der Waals surface area contributed by atoms with Crippen LogP contribution in [0.25, 0.3) is 0 Å². The normalized spacial score (nSPS) is 11.6. The second-order valence-corrected chi connectivity index (χ2v) is 5.64. The van der Waals surface area contributed by atoms with E-state index in [1.165, 1.54) is 0 Å². The van der Waals surface area contributed by atoms with Crippen LogP contribution < -0.4 is 0 Å². The van der Waals surface area contributed by atoms with Crippen molar-refractivity contribution in [2.45, 2.75) is 6.18 Å². The highest BCUT2D eigenvalue weighted by Gasteiger charge is 2.35. The smallest absolute Gasteiger partial charge is 0.288 e. The molecule has 18 heavy (non-hydrogen) atoms. The van der Waals surface area contributed by atoms with Gasteiger partial charge >= 0.3 is 6.18 Å². The Morgan fingerprint density at radius 3 is 2.61 bits per heavy atom. The van der Waals surface area contributed by atoms with Crippen LogP contribution in [0, 0.1) is 3.57 Å². The Hall–Kier alpha value is -0.960. The van der Waals surface area contributed by atoms with Crippen molar-refractivity contribution in [3.8, 4) is 0 Å². The first kappa shape index (κ1) is 13.5. The van der Waals surface area contributed by atoms with Crippen LogP contribution in [-0.4, -0.2) is 10.8 Å². The van der Waals surface area contributed by atoms with Crippen molar-refractivity contribution in [3.63, 3.8) is 0 Å². The molecule has 0 atom stereocenters. The molecular formula is C11H5F3INOS. The fraction of sp³-hybridized carbons (Fsp3) is 0.0909. The molecule has 7 heteroatoms. The van der Waals surface area contributed by atoms with Gasteiger partial charge in [0.1, 0.15) is 0 Å². The first-order chi connectivity index (χ1) is 8.38. The van der Waals surface area contributed by atoms with Crippen molar-refractivity contribution >= 4 is 39.7 Å². The number of carbonyl (C=O) groups is 1. The zero-order valence-electron chi connectivity index (χ0n) is 8.66. The fourth-order valence-corrected chi connectivity index (χ4v) is 2.57.